The van der Waals surface area contributed by atoms with E-state index in [1.54, 1.807) is 12.1 Å². The lowest BCUT2D eigenvalue weighted by molar-refractivity contribution is 0.0702. The zero-order chi connectivity index (χ0) is 13.3. The van der Waals surface area contributed by atoms with Crippen LogP contribution >= 0.6 is 11.3 Å². The van der Waals surface area contributed by atoms with Crippen molar-refractivity contribution < 1.29 is 18.3 Å². The number of nitrogens with zero attached hydrogens (tertiary/aromatic N) is 2. The van der Waals surface area contributed by atoms with E-state index in [0.29, 0.717) is 31.1 Å². The van der Waals surface area contributed by atoms with Crippen LogP contribution in [0.4, 0.5) is 5.00 Å². The molecule has 6 nitrogen and oxygen atoms in total. The summed E-state index contributed by atoms with van der Waals surface area (Å²) in [7, 11) is -3.12. The Morgan fingerprint density at radius 1 is 1.28 bits per heavy atom. The van der Waals surface area contributed by atoms with Gasteiger partial charge in [0.05, 0.1) is 11.3 Å². The highest BCUT2D eigenvalue weighted by Crippen LogP contribution is 2.27. The summed E-state index contributed by atoms with van der Waals surface area (Å²) < 4.78 is 24.2. The molecule has 0 radical (unpaired) electrons. The van der Waals surface area contributed by atoms with E-state index in [4.69, 9.17) is 5.11 Å². The topological polar surface area (TPSA) is 77.9 Å². The fourth-order valence-electron chi connectivity index (χ4n) is 1.85. The Labute approximate surface area is 109 Å². The van der Waals surface area contributed by atoms with Gasteiger partial charge in [-0.3, -0.25) is 0 Å². The van der Waals surface area contributed by atoms with Gasteiger partial charge in [-0.1, -0.05) is 0 Å². The lowest BCUT2D eigenvalue weighted by Crippen LogP contribution is -2.48. The zero-order valence-corrected chi connectivity index (χ0v) is 11.5. The molecule has 0 saturated carbocycles. The summed E-state index contributed by atoms with van der Waals surface area (Å²) in [5, 5.41) is 9.73. The highest BCUT2D eigenvalue weighted by atomic mass is 32.2. The van der Waals surface area contributed by atoms with Crippen LogP contribution in [0.3, 0.4) is 0 Å². The summed E-state index contributed by atoms with van der Waals surface area (Å²) in [4.78, 5) is 13.1. The molecule has 2 heterocycles. The van der Waals surface area contributed by atoms with Gasteiger partial charge in [-0.15, -0.1) is 11.3 Å². The number of aromatic carboxylic acids is 1. The fourth-order valence-corrected chi connectivity index (χ4v) is 3.58. The SMILES string of the molecule is CS(=O)(=O)N1CCN(c2ccc(C(=O)O)s2)CC1. The Morgan fingerprint density at radius 2 is 1.89 bits per heavy atom. The molecule has 0 aromatic carbocycles. The molecular weight excluding hydrogens is 276 g/mol. The third-order valence-corrected chi connectivity index (χ3v) is 5.26. The van der Waals surface area contributed by atoms with E-state index >= 15 is 0 Å². The molecule has 1 aromatic heterocycles. The van der Waals surface area contributed by atoms with Crippen molar-refractivity contribution in [2.24, 2.45) is 0 Å². The number of carboxylic acid groups (broad SMARTS) is 1. The van der Waals surface area contributed by atoms with Crippen LogP contribution in [0.25, 0.3) is 0 Å². The first-order chi connectivity index (χ1) is 8.38. The summed E-state index contributed by atoms with van der Waals surface area (Å²) in [6.45, 7) is 2.07. The smallest absolute Gasteiger partial charge is 0.345 e. The van der Waals surface area contributed by atoms with Gasteiger partial charge in [-0.2, -0.15) is 4.31 Å². The number of sulfonamides is 1. The molecule has 100 valence electrons. The first-order valence-electron chi connectivity index (χ1n) is 5.41. The quantitative estimate of drug-likeness (QED) is 0.878. The van der Waals surface area contributed by atoms with Crippen LogP contribution in [-0.4, -0.2) is 56.2 Å². The van der Waals surface area contributed by atoms with Crippen LogP contribution in [0, 0.1) is 0 Å². The molecule has 0 unspecified atom stereocenters. The van der Waals surface area contributed by atoms with Crippen LogP contribution in [0.2, 0.25) is 0 Å². The van der Waals surface area contributed by atoms with Crippen LogP contribution in [-0.2, 0) is 10.0 Å². The third-order valence-electron chi connectivity index (χ3n) is 2.82. The summed E-state index contributed by atoms with van der Waals surface area (Å²) in [6.07, 6.45) is 1.20. The van der Waals surface area contributed by atoms with Crippen LogP contribution < -0.4 is 4.90 Å². The minimum absolute atomic E-state index is 0.301. The van der Waals surface area contributed by atoms with E-state index in [-0.39, 0.29) is 0 Å². The van der Waals surface area contributed by atoms with Crippen molar-refractivity contribution in [2.45, 2.75) is 0 Å². The van der Waals surface area contributed by atoms with Crippen LogP contribution in [0.15, 0.2) is 12.1 Å². The number of thiophene rings is 1. The zero-order valence-electron chi connectivity index (χ0n) is 9.87. The van der Waals surface area contributed by atoms with Gasteiger partial charge in [0.1, 0.15) is 4.88 Å². The Morgan fingerprint density at radius 3 is 2.33 bits per heavy atom. The van der Waals surface area contributed by atoms with Gasteiger partial charge >= 0.3 is 5.97 Å². The maximum Gasteiger partial charge on any atom is 0.345 e. The molecule has 8 heteroatoms. The van der Waals surface area contributed by atoms with E-state index in [9.17, 15) is 13.2 Å². The normalized spacial score (nSPS) is 17.9. The van der Waals surface area contributed by atoms with Crippen molar-refractivity contribution in [3.05, 3.63) is 17.0 Å². The van der Waals surface area contributed by atoms with Crippen molar-refractivity contribution in [1.82, 2.24) is 4.31 Å². The van der Waals surface area contributed by atoms with Gasteiger partial charge in [0.25, 0.3) is 0 Å². The summed E-state index contributed by atoms with van der Waals surface area (Å²) in [6, 6.07) is 3.34. The second-order valence-corrected chi connectivity index (χ2v) is 7.14. The molecule has 1 aliphatic rings. The van der Waals surface area contributed by atoms with Gasteiger partial charge in [-0.25, -0.2) is 13.2 Å². The lowest BCUT2D eigenvalue weighted by atomic mass is 10.3. The van der Waals surface area contributed by atoms with Gasteiger partial charge in [0.15, 0.2) is 0 Å². The molecule has 1 saturated heterocycles. The predicted molar refractivity (Wildman–Crippen MR) is 69.9 cm³/mol. The highest BCUT2D eigenvalue weighted by Gasteiger charge is 2.24. The first kappa shape index (κ1) is 13.3. The van der Waals surface area contributed by atoms with Gasteiger partial charge in [0.2, 0.25) is 10.0 Å². The summed E-state index contributed by atoms with van der Waals surface area (Å²) in [5.41, 5.74) is 0. The van der Waals surface area contributed by atoms with Crippen molar-refractivity contribution >= 4 is 32.3 Å². The predicted octanol–water partition coefficient (Wildman–Crippen LogP) is 0.528. The molecule has 0 atom stereocenters. The van der Waals surface area contributed by atoms with Crippen molar-refractivity contribution in [1.29, 1.82) is 0 Å². The largest absolute Gasteiger partial charge is 0.477 e. The van der Waals surface area contributed by atoms with Gasteiger partial charge < -0.3 is 10.0 Å². The Bertz CT molecular complexity index is 544. The Hall–Kier alpha value is -1.12. The van der Waals surface area contributed by atoms with E-state index < -0.39 is 16.0 Å². The molecule has 1 fully saturated rings. The molecule has 0 amide bonds. The molecule has 0 spiro atoms. The number of carbonyl (C=O) groups is 1. The average molecular weight is 290 g/mol. The molecule has 1 aliphatic heterocycles. The molecule has 2 rings (SSSR count). The maximum atomic E-state index is 11.4. The minimum Gasteiger partial charge on any atom is -0.477 e. The molecule has 18 heavy (non-hydrogen) atoms. The van der Waals surface area contributed by atoms with Crippen molar-refractivity contribution in [3.8, 4) is 0 Å². The summed E-state index contributed by atoms with van der Waals surface area (Å²) in [5.74, 6) is -0.930. The van der Waals surface area contributed by atoms with Crippen molar-refractivity contribution in [3.63, 3.8) is 0 Å². The fraction of sp³-hybridized carbons (Fsp3) is 0.500. The highest BCUT2D eigenvalue weighted by molar-refractivity contribution is 7.88. The number of hydrogen-bond acceptors (Lipinski definition) is 5. The number of anilines is 1. The van der Waals surface area contributed by atoms with Gasteiger partial charge in [0, 0.05) is 26.2 Å². The second-order valence-electron chi connectivity index (χ2n) is 4.09. The summed E-state index contributed by atoms with van der Waals surface area (Å²) >= 11 is 1.21. The van der Waals surface area contributed by atoms with Gasteiger partial charge in [-0.05, 0) is 12.1 Å². The molecule has 1 N–H and O–H groups in total. The monoisotopic (exact) mass is 290 g/mol. The van der Waals surface area contributed by atoms with Crippen LogP contribution in [0.5, 0.6) is 0 Å². The molecule has 0 aliphatic carbocycles. The van der Waals surface area contributed by atoms with E-state index in [0.717, 1.165) is 5.00 Å². The maximum absolute atomic E-state index is 11.4. The Balaban J connectivity index is 2.03. The van der Waals surface area contributed by atoms with Crippen molar-refractivity contribution in [2.75, 3.05) is 37.3 Å². The van der Waals surface area contributed by atoms with E-state index in [1.165, 1.54) is 21.9 Å². The molecule has 0 bridgehead atoms. The first-order valence-corrected chi connectivity index (χ1v) is 8.07. The second kappa shape index (κ2) is 4.87. The standard InChI is InChI=1S/C10H14N2O4S2/c1-18(15,16)12-6-4-11(5-7-12)9-3-2-8(17-9)10(13)14/h2-3H,4-7H2,1H3,(H,13,14). The Kier molecular flexibility index (Phi) is 3.60. The van der Waals surface area contributed by atoms with E-state index in [1.807, 2.05) is 4.90 Å². The number of rotatable bonds is 3. The minimum atomic E-state index is -3.12. The van der Waals surface area contributed by atoms with Crippen LogP contribution in [0.1, 0.15) is 9.67 Å². The van der Waals surface area contributed by atoms with E-state index in [2.05, 4.69) is 0 Å². The third kappa shape index (κ3) is 2.82. The lowest BCUT2D eigenvalue weighted by Gasteiger charge is -2.33. The number of hydrogen-bond donors (Lipinski definition) is 1. The molecule has 1 aromatic rings. The average Bonchev–Trinajstić information content (AvgIpc) is 2.77. The molecular formula is C10H14N2O4S2. The number of piperazine rings is 1. The number of carboxylic acids is 1.